The highest BCUT2D eigenvalue weighted by molar-refractivity contribution is 5.92. The van der Waals surface area contributed by atoms with Gasteiger partial charge in [-0.05, 0) is 66.7 Å². The average molecular weight is 438 g/mol. The molecule has 0 aliphatic carbocycles. The first kappa shape index (κ1) is 21.3. The Balaban J connectivity index is 1.16. The van der Waals surface area contributed by atoms with Crippen LogP contribution in [0, 0.1) is 0 Å². The molecule has 0 N–H and O–H groups in total. The van der Waals surface area contributed by atoms with Gasteiger partial charge in [-0.2, -0.15) is 0 Å². The number of carbonyl (C=O) groups excluding carboxylic acids is 1. The third kappa shape index (κ3) is 5.26. The summed E-state index contributed by atoms with van der Waals surface area (Å²) in [6.07, 6.45) is 6.88. The van der Waals surface area contributed by atoms with E-state index in [1.54, 1.807) is 12.4 Å². The lowest BCUT2D eigenvalue weighted by Crippen LogP contribution is -2.18. The highest BCUT2D eigenvalue weighted by Crippen LogP contribution is 2.23. The van der Waals surface area contributed by atoms with E-state index in [-0.39, 0.29) is 11.7 Å². The number of hydrogen-bond acceptors (Lipinski definition) is 5. The van der Waals surface area contributed by atoms with Gasteiger partial charge in [-0.3, -0.25) is 14.7 Å². The van der Waals surface area contributed by atoms with Gasteiger partial charge >= 0.3 is 0 Å². The Morgan fingerprint density at radius 3 is 2.21 bits per heavy atom. The smallest absolute Gasteiger partial charge is 0.263 e. The van der Waals surface area contributed by atoms with E-state index in [2.05, 4.69) is 63.4 Å². The number of ketones is 1. The first-order valence-corrected chi connectivity index (χ1v) is 11.6. The first-order chi connectivity index (χ1) is 16.2. The Labute approximate surface area is 194 Å². The van der Waals surface area contributed by atoms with Gasteiger partial charge in [-0.1, -0.05) is 54.6 Å². The minimum Gasteiger partial charge on any atom is -0.432 e. The molecule has 2 aromatic heterocycles. The van der Waals surface area contributed by atoms with Crippen LogP contribution in [0.15, 0.2) is 83.5 Å². The monoisotopic (exact) mass is 437 g/mol. The number of benzene rings is 2. The van der Waals surface area contributed by atoms with E-state index < -0.39 is 0 Å². The van der Waals surface area contributed by atoms with Gasteiger partial charge in [0, 0.05) is 19.2 Å². The largest absolute Gasteiger partial charge is 0.432 e. The summed E-state index contributed by atoms with van der Waals surface area (Å²) in [5, 5.41) is 0. The van der Waals surface area contributed by atoms with Gasteiger partial charge < -0.3 is 4.42 Å². The third-order valence-electron chi connectivity index (χ3n) is 6.15. The number of pyridine rings is 1. The Morgan fingerprint density at radius 1 is 0.848 bits per heavy atom. The van der Waals surface area contributed by atoms with Crippen molar-refractivity contribution < 1.29 is 9.21 Å². The molecule has 1 aliphatic heterocycles. The summed E-state index contributed by atoms with van der Waals surface area (Å²) in [4.78, 5) is 23.4. The number of Topliss-reactive ketones (excluding diaryl/α,β-unsaturated/α-hetero) is 1. The summed E-state index contributed by atoms with van der Waals surface area (Å²) in [5.74, 6) is 0.547. The van der Waals surface area contributed by atoms with Crippen LogP contribution >= 0.6 is 0 Å². The molecule has 0 spiro atoms. The number of aryl methyl sites for hydroxylation is 1. The van der Waals surface area contributed by atoms with Gasteiger partial charge in [0.1, 0.15) is 5.69 Å². The summed E-state index contributed by atoms with van der Waals surface area (Å²) in [7, 11) is 0. The molecule has 1 aliphatic rings. The molecule has 0 atom stereocenters. The number of likely N-dealkylation sites (tertiary alicyclic amines) is 1. The zero-order chi connectivity index (χ0) is 22.5. The molecule has 5 rings (SSSR count). The standard InChI is InChI=1S/C28H27N3O2/c32-26(28-30-19-27(33-28)25-5-1-2-16-29-25)15-10-21-6-11-23(12-7-21)24-13-8-22(9-14-24)20-31-17-3-4-18-31/h1-2,5-9,11-14,16,19H,3-4,10,15,17-18,20H2. The van der Waals surface area contributed by atoms with Crippen LogP contribution in [-0.2, 0) is 13.0 Å². The zero-order valence-corrected chi connectivity index (χ0v) is 18.6. The lowest BCUT2D eigenvalue weighted by Gasteiger charge is -2.14. The lowest BCUT2D eigenvalue weighted by atomic mass is 10.0. The Bertz CT molecular complexity index is 1190. The van der Waals surface area contributed by atoms with Crippen LogP contribution in [0.1, 0.15) is 41.1 Å². The Morgan fingerprint density at radius 2 is 1.55 bits per heavy atom. The number of aromatic nitrogens is 2. The van der Waals surface area contributed by atoms with Crippen molar-refractivity contribution in [2.75, 3.05) is 13.1 Å². The minimum absolute atomic E-state index is 0.102. The summed E-state index contributed by atoms with van der Waals surface area (Å²) in [6, 6.07) is 22.8. The number of nitrogens with zero attached hydrogens (tertiary/aromatic N) is 3. The predicted molar refractivity (Wildman–Crippen MR) is 129 cm³/mol. The lowest BCUT2D eigenvalue weighted by molar-refractivity contribution is 0.0950. The van der Waals surface area contributed by atoms with Crippen LogP contribution in [0.25, 0.3) is 22.6 Å². The molecule has 0 unspecified atom stereocenters. The maximum atomic E-state index is 12.5. The molecule has 4 aromatic rings. The van der Waals surface area contributed by atoms with E-state index in [9.17, 15) is 4.79 Å². The van der Waals surface area contributed by atoms with Crippen molar-refractivity contribution in [2.24, 2.45) is 0 Å². The van der Waals surface area contributed by atoms with Crippen LogP contribution in [0.5, 0.6) is 0 Å². The highest BCUT2D eigenvalue weighted by Gasteiger charge is 2.15. The second kappa shape index (κ2) is 9.92. The number of carbonyl (C=O) groups is 1. The maximum absolute atomic E-state index is 12.5. The third-order valence-corrected chi connectivity index (χ3v) is 6.15. The number of rotatable bonds is 8. The van der Waals surface area contributed by atoms with E-state index >= 15 is 0 Å². The predicted octanol–water partition coefficient (Wildman–Crippen LogP) is 5.81. The normalized spacial score (nSPS) is 13.9. The second-order valence-electron chi connectivity index (χ2n) is 8.54. The maximum Gasteiger partial charge on any atom is 0.263 e. The molecule has 1 fully saturated rings. The molecule has 3 heterocycles. The number of oxazole rings is 1. The van der Waals surface area contributed by atoms with Crippen LogP contribution < -0.4 is 0 Å². The quantitative estimate of drug-likeness (QED) is 0.325. The van der Waals surface area contributed by atoms with Crippen molar-refractivity contribution in [3.05, 3.63) is 96.1 Å². The van der Waals surface area contributed by atoms with E-state index in [0.29, 0.717) is 24.3 Å². The molecule has 5 heteroatoms. The summed E-state index contributed by atoms with van der Waals surface area (Å²) in [5.41, 5.74) is 5.56. The fraction of sp³-hybridized carbons (Fsp3) is 0.250. The van der Waals surface area contributed by atoms with E-state index in [1.807, 2.05) is 18.2 Å². The Kier molecular flexibility index (Phi) is 6.40. The fourth-order valence-electron chi connectivity index (χ4n) is 4.26. The molecular weight excluding hydrogens is 410 g/mol. The molecule has 0 amide bonds. The van der Waals surface area contributed by atoms with E-state index in [4.69, 9.17) is 4.42 Å². The van der Waals surface area contributed by atoms with Gasteiger partial charge in [0.05, 0.1) is 6.20 Å². The minimum atomic E-state index is -0.102. The van der Waals surface area contributed by atoms with Crippen LogP contribution in [0.2, 0.25) is 0 Å². The molecule has 5 nitrogen and oxygen atoms in total. The first-order valence-electron chi connectivity index (χ1n) is 11.6. The second-order valence-corrected chi connectivity index (χ2v) is 8.54. The van der Waals surface area contributed by atoms with Crippen molar-refractivity contribution in [1.82, 2.24) is 14.9 Å². The molecule has 0 radical (unpaired) electrons. The average Bonchev–Trinajstić information content (AvgIpc) is 3.57. The molecule has 33 heavy (non-hydrogen) atoms. The fourth-order valence-corrected chi connectivity index (χ4v) is 4.26. The van der Waals surface area contributed by atoms with E-state index in [1.165, 1.54) is 42.6 Å². The van der Waals surface area contributed by atoms with Crippen LogP contribution in [0.3, 0.4) is 0 Å². The number of hydrogen-bond donors (Lipinski definition) is 0. The molecule has 1 saturated heterocycles. The van der Waals surface area contributed by atoms with Crippen molar-refractivity contribution in [1.29, 1.82) is 0 Å². The van der Waals surface area contributed by atoms with Crippen molar-refractivity contribution >= 4 is 5.78 Å². The zero-order valence-electron chi connectivity index (χ0n) is 18.6. The molecular formula is C28H27N3O2. The van der Waals surface area contributed by atoms with Gasteiger partial charge in [-0.25, -0.2) is 4.98 Å². The topological polar surface area (TPSA) is 59.2 Å². The molecule has 0 saturated carbocycles. The van der Waals surface area contributed by atoms with E-state index in [0.717, 1.165) is 12.1 Å². The summed E-state index contributed by atoms with van der Waals surface area (Å²) in [6.45, 7) is 3.47. The van der Waals surface area contributed by atoms with Gasteiger partial charge in [0.25, 0.3) is 5.89 Å². The van der Waals surface area contributed by atoms with Crippen molar-refractivity contribution in [2.45, 2.75) is 32.2 Å². The summed E-state index contributed by atoms with van der Waals surface area (Å²) >= 11 is 0. The summed E-state index contributed by atoms with van der Waals surface area (Å²) < 4.78 is 5.62. The van der Waals surface area contributed by atoms with Gasteiger partial charge in [0.2, 0.25) is 5.78 Å². The molecule has 166 valence electrons. The van der Waals surface area contributed by atoms with Gasteiger partial charge in [0.15, 0.2) is 5.76 Å². The Hall–Kier alpha value is -3.57. The van der Waals surface area contributed by atoms with Crippen LogP contribution in [0.4, 0.5) is 0 Å². The van der Waals surface area contributed by atoms with Crippen molar-refractivity contribution in [3.8, 4) is 22.6 Å². The SMILES string of the molecule is O=C(CCc1ccc(-c2ccc(CN3CCCC3)cc2)cc1)c1ncc(-c2ccccn2)o1. The van der Waals surface area contributed by atoms with Crippen molar-refractivity contribution in [3.63, 3.8) is 0 Å². The molecule has 2 aromatic carbocycles. The van der Waals surface area contributed by atoms with Crippen LogP contribution in [-0.4, -0.2) is 33.7 Å². The highest BCUT2D eigenvalue weighted by atomic mass is 16.4. The molecule has 0 bridgehead atoms. The van der Waals surface area contributed by atoms with Gasteiger partial charge in [-0.15, -0.1) is 0 Å².